The molecule has 102 valence electrons. The van der Waals surface area contributed by atoms with Crippen LogP contribution in [0, 0.1) is 10.1 Å². The Morgan fingerprint density at radius 3 is 2.35 bits per heavy atom. The quantitative estimate of drug-likeness (QED) is 0.363. The second-order valence-electron chi connectivity index (χ2n) is 4.01. The maximum Gasteiger partial charge on any atom is 0.285 e. The smallest absolute Gasteiger partial charge is 0.273 e. The van der Waals surface area contributed by atoms with Gasteiger partial charge in [0.05, 0.1) is 4.92 Å². The first-order valence-electron chi connectivity index (χ1n) is 5.52. The fourth-order valence-corrected chi connectivity index (χ4v) is 1.64. The molecule has 1 aromatic rings. The van der Waals surface area contributed by atoms with Gasteiger partial charge in [-0.2, -0.15) is 5.01 Å². The molecule has 1 aliphatic heterocycles. The molecule has 20 heavy (non-hydrogen) atoms. The molecular weight excluding hydrogens is 266 g/mol. The van der Waals surface area contributed by atoms with Gasteiger partial charge >= 0.3 is 0 Å². The first-order chi connectivity index (χ1) is 9.40. The van der Waals surface area contributed by atoms with Gasteiger partial charge in [0, 0.05) is 19.1 Å². The largest absolute Gasteiger partial charge is 0.285 e. The lowest BCUT2D eigenvalue weighted by atomic mass is 10.1. The molecule has 0 saturated carbocycles. The van der Waals surface area contributed by atoms with Gasteiger partial charge in [-0.25, -0.2) is 0 Å². The number of hydrogen-bond donors (Lipinski definition) is 1. The number of non-ortho nitro benzene ring substituents is 1. The van der Waals surface area contributed by atoms with Gasteiger partial charge in [-0.15, -0.1) is 0 Å². The molecule has 1 aromatic carbocycles. The molecule has 0 aliphatic carbocycles. The van der Waals surface area contributed by atoms with E-state index in [0.29, 0.717) is 10.6 Å². The summed E-state index contributed by atoms with van der Waals surface area (Å²) in [5, 5.41) is 11.1. The second-order valence-corrected chi connectivity index (χ2v) is 4.01. The monoisotopic (exact) mass is 275 g/mol. The van der Waals surface area contributed by atoms with Crippen LogP contribution in [0.3, 0.4) is 0 Å². The molecule has 3 amide bonds. The Bertz CT molecular complexity index is 648. The summed E-state index contributed by atoms with van der Waals surface area (Å²) in [6, 6.07) is 5.32. The fraction of sp³-hybridized carbons (Fsp3) is 0.0833. The summed E-state index contributed by atoms with van der Waals surface area (Å²) in [5.41, 5.74) is 2.27. The van der Waals surface area contributed by atoms with Gasteiger partial charge in [0.2, 0.25) is 5.91 Å². The zero-order valence-corrected chi connectivity index (χ0v) is 10.3. The van der Waals surface area contributed by atoms with Crippen LogP contribution in [0.15, 0.2) is 29.8 Å². The third-order valence-corrected chi connectivity index (χ3v) is 2.62. The maximum atomic E-state index is 11.8. The Morgan fingerprint density at radius 2 is 1.90 bits per heavy atom. The van der Waals surface area contributed by atoms with Crippen molar-refractivity contribution < 1.29 is 19.3 Å². The number of nitro groups is 1. The highest BCUT2D eigenvalue weighted by Crippen LogP contribution is 2.17. The van der Waals surface area contributed by atoms with E-state index in [1.165, 1.54) is 30.3 Å². The molecule has 0 unspecified atom stereocenters. The van der Waals surface area contributed by atoms with Crippen LogP contribution in [-0.2, 0) is 14.4 Å². The summed E-state index contributed by atoms with van der Waals surface area (Å²) < 4.78 is 0. The van der Waals surface area contributed by atoms with Crippen molar-refractivity contribution in [3.63, 3.8) is 0 Å². The lowest BCUT2D eigenvalue weighted by molar-refractivity contribution is -0.384. The average molecular weight is 275 g/mol. The number of hydrogen-bond acceptors (Lipinski definition) is 5. The highest BCUT2D eigenvalue weighted by Gasteiger charge is 2.35. The normalized spacial score (nSPS) is 16.4. The Hall–Kier alpha value is -3.03. The molecule has 1 fully saturated rings. The van der Waals surface area contributed by atoms with Crippen molar-refractivity contribution in [2.24, 2.45) is 0 Å². The van der Waals surface area contributed by atoms with Gasteiger partial charge in [0.1, 0.15) is 5.57 Å². The number of hydrazine groups is 1. The molecule has 0 atom stereocenters. The number of nitrogens with zero attached hydrogens (tertiary/aromatic N) is 2. The second kappa shape index (κ2) is 4.92. The molecule has 0 bridgehead atoms. The van der Waals surface area contributed by atoms with Crippen molar-refractivity contribution in [3.05, 3.63) is 45.5 Å². The SMILES string of the molecule is CC(=O)N1NC(=O)C(=Cc2ccc([N+](=O)[O-])cc2)C1=O. The molecule has 1 saturated heterocycles. The Kier molecular flexibility index (Phi) is 3.30. The van der Waals surface area contributed by atoms with Crippen LogP contribution < -0.4 is 5.43 Å². The van der Waals surface area contributed by atoms with Crippen molar-refractivity contribution in [1.29, 1.82) is 0 Å². The van der Waals surface area contributed by atoms with E-state index in [0.717, 1.165) is 6.92 Å². The zero-order valence-electron chi connectivity index (χ0n) is 10.3. The summed E-state index contributed by atoms with van der Waals surface area (Å²) >= 11 is 0. The van der Waals surface area contributed by atoms with E-state index in [1.807, 2.05) is 0 Å². The summed E-state index contributed by atoms with van der Waals surface area (Å²) in [7, 11) is 0. The number of imide groups is 1. The predicted octanol–water partition coefficient (Wildman–Crippen LogP) is 0.398. The topological polar surface area (TPSA) is 110 Å². The van der Waals surface area contributed by atoms with Crippen molar-refractivity contribution >= 4 is 29.5 Å². The molecule has 8 nitrogen and oxygen atoms in total. The van der Waals surface area contributed by atoms with Gasteiger partial charge in [-0.05, 0) is 23.8 Å². The number of amides is 3. The number of benzene rings is 1. The number of carbonyl (C=O) groups excluding carboxylic acids is 3. The standard InChI is InChI=1S/C12H9N3O5/c1-7(16)14-12(18)10(11(17)13-14)6-8-2-4-9(5-3-8)15(19)20/h2-6H,1H3,(H,13,17). The minimum atomic E-state index is -0.749. The summed E-state index contributed by atoms with van der Waals surface area (Å²) in [6.45, 7) is 1.15. The van der Waals surface area contributed by atoms with Crippen molar-refractivity contribution in [2.75, 3.05) is 0 Å². The van der Waals surface area contributed by atoms with Gasteiger partial charge in [-0.3, -0.25) is 29.9 Å². The van der Waals surface area contributed by atoms with Gasteiger partial charge in [0.25, 0.3) is 17.5 Å². The van der Waals surface area contributed by atoms with Crippen LogP contribution in [0.1, 0.15) is 12.5 Å². The minimum Gasteiger partial charge on any atom is -0.273 e. The van der Waals surface area contributed by atoms with Crippen LogP contribution in [-0.4, -0.2) is 27.7 Å². The van der Waals surface area contributed by atoms with E-state index < -0.39 is 22.6 Å². The predicted molar refractivity (Wildman–Crippen MR) is 66.7 cm³/mol. The van der Waals surface area contributed by atoms with Gasteiger partial charge in [0.15, 0.2) is 0 Å². The van der Waals surface area contributed by atoms with E-state index in [2.05, 4.69) is 5.43 Å². The minimum absolute atomic E-state index is 0.0975. The Morgan fingerprint density at radius 1 is 1.30 bits per heavy atom. The molecule has 0 aromatic heterocycles. The molecular formula is C12H9N3O5. The maximum absolute atomic E-state index is 11.8. The van der Waals surface area contributed by atoms with Crippen LogP contribution in [0.25, 0.3) is 6.08 Å². The number of rotatable bonds is 2. The number of nitro benzene ring substituents is 1. The van der Waals surface area contributed by atoms with Crippen molar-refractivity contribution in [3.8, 4) is 0 Å². The Balaban J connectivity index is 2.31. The number of nitrogens with one attached hydrogen (secondary N) is 1. The van der Waals surface area contributed by atoms with E-state index in [9.17, 15) is 24.5 Å². The summed E-state index contributed by atoms with van der Waals surface area (Å²) in [5.74, 6) is -2.04. The average Bonchev–Trinajstić information content (AvgIpc) is 2.67. The molecule has 0 spiro atoms. The van der Waals surface area contributed by atoms with Gasteiger partial charge < -0.3 is 0 Å². The molecule has 1 N–H and O–H groups in total. The third-order valence-electron chi connectivity index (χ3n) is 2.62. The lowest BCUT2D eigenvalue weighted by Gasteiger charge is -2.07. The highest BCUT2D eigenvalue weighted by molar-refractivity contribution is 6.28. The van der Waals surface area contributed by atoms with E-state index in [-0.39, 0.29) is 11.3 Å². The van der Waals surface area contributed by atoms with Crippen molar-refractivity contribution in [1.82, 2.24) is 10.4 Å². The highest BCUT2D eigenvalue weighted by atomic mass is 16.6. The molecule has 1 heterocycles. The van der Waals surface area contributed by atoms with E-state index in [1.54, 1.807) is 0 Å². The zero-order chi connectivity index (χ0) is 14.9. The van der Waals surface area contributed by atoms with Gasteiger partial charge in [-0.1, -0.05) is 0 Å². The third kappa shape index (κ3) is 2.39. The van der Waals surface area contributed by atoms with E-state index >= 15 is 0 Å². The Labute approximate surface area is 112 Å². The van der Waals surface area contributed by atoms with Crippen LogP contribution in [0.4, 0.5) is 5.69 Å². The van der Waals surface area contributed by atoms with E-state index in [4.69, 9.17) is 0 Å². The summed E-state index contributed by atoms with van der Waals surface area (Å²) in [6.07, 6.45) is 1.27. The lowest BCUT2D eigenvalue weighted by Crippen LogP contribution is -2.39. The first kappa shape index (κ1) is 13.4. The number of carbonyl (C=O) groups is 3. The fourth-order valence-electron chi connectivity index (χ4n) is 1.64. The van der Waals surface area contributed by atoms with Crippen LogP contribution >= 0.6 is 0 Å². The molecule has 2 rings (SSSR count). The van der Waals surface area contributed by atoms with Crippen LogP contribution in [0.5, 0.6) is 0 Å². The molecule has 1 aliphatic rings. The molecule has 0 radical (unpaired) electrons. The van der Waals surface area contributed by atoms with Crippen LogP contribution in [0.2, 0.25) is 0 Å². The summed E-state index contributed by atoms with van der Waals surface area (Å²) in [4.78, 5) is 44.4. The first-order valence-corrected chi connectivity index (χ1v) is 5.52. The molecule has 8 heteroatoms. The van der Waals surface area contributed by atoms with Crippen molar-refractivity contribution in [2.45, 2.75) is 6.92 Å².